The van der Waals surface area contributed by atoms with E-state index in [0.29, 0.717) is 0 Å². The zero-order valence-corrected chi connectivity index (χ0v) is 8.40. The summed E-state index contributed by atoms with van der Waals surface area (Å²) in [6.45, 7) is 4.49. The molecular weight excluding hydrogens is 188 g/mol. The number of nitrogens with zero attached hydrogens (tertiary/aromatic N) is 1. The van der Waals surface area contributed by atoms with E-state index < -0.39 is 29.9 Å². The molecule has 0 bridgehead atoms. The van der Waals surface area contributed by atoms with Gasteiger partial charge in [-0.15, -0.1) is 0 Å². The minimum atomic E-state index is -1.16. The van der Waals surface area contributed by atoms with Gasteiger partial charge in [-0.05, 0) is 20.8 Å². The lowest BCUT2D eigenvalue weighted by Crippen LogP contribution is -2.33. The minimum Gasteiger partial charge on any atom is -0.480 e. The Morgan fingerprint density at radius 2 is 1.93 bits per heavy atom. The second-order valence-corrected chi connectivity index (χ2v) is 3.60. The fourth-order valence-corrected chi connectivity index (χ4v) is 0.548. The molecule has 0 saturated heterocycles. The number of rotatable bonds is 2. The van der Waals surface area contributed by atoms with Gasteiger partial charge in [0.1, 0.15) is 12.1 Å². The Bertz CT molecular complexity index is 265. The molecule has 0 aromatic carbocycles. The van der Waals surface area contributed by atoms with Gasteiger partial charge >= 0.3 is 11.9 Å². The Morgan fingerprint density at radius 1 is 1.43 bits per heavy atom. The Morgan fingerprint density at radius 3 is 2.29 bits per heavy atom. The van der Waals surface area contributed by atoms with Gasteiger partial charge in [-0.1, -0.05) is 0 Å². The quantitative estimate of drug-likeness (QED) is 0.366. The van der Waals surface area contributed by atoms with Crippen LogP contribution < -0.4 is 5.73 Å². The van der Waals surface area contributed by atoms with Gasteiger partial charge in [-0.25, -0.2) is 4.79 Å². The summed E-state index contributed by atoms with van der Waals surface area (Å²) in [7, 11) is 0. The summed E-state index contributed by atoms with van der Waals surface area (Å²) in [6.07, 6.45) is 0. The van der Waals surface area contributed by atoms with Crippen LogP contribution in [0.1, 0.15) is 20.8 Å². The van der Waals surface area contributed by atoms with Crippen molar-refractivity contribution in [3.8, 4) is 0 Å². The smallest absolute Gasteiger partial charge is 0.373 e. The van der Waals surface area contributed by atoms with E-state index in [1.807, 2.05) is 0 Å². The lowest BCUT2D eigenvalue weighted by molar-refractivity contribution is -0.146. The maximum absolute atomic E-state index is 11.1. The number of hydrogen-bond donors (Lipinski definition) is 2. The number of carbonyl (C=O) groups is 2. The average Bonchev–Trinajstić information content (AvgIpc) is 1.96. The summed E-state index contributed by atoms with van der Waals surface area (Å²) in [5.74, 6) is -2.39. The number of amidine groups is 1. The number of esters is 1. The predicted octanol–water partition coefficient (Wildman–Crippen LogP) is -0.230. The van der Waals surface area contributed by atoms with Gasteiger partial charge in [0.2, 0.25) is 5.84 Å². The Labute approximate surface area is 81.8 Å². The highest BCUT2D eigenvalue weighted by atomic mass is 16.6. The molecule has 0 spiro atoms. The highest BCUT2D eigenvalue weighted by Gasteiger charge is 2.18. The van der Waals surface area contributed by atoms with Crippen molar-refractivity contribution in [3.05, 3.63) is 0 Å². The third-order valence-electron chi connectivity index (χ3n) is 0.993. The van der Waals surface area contributed by atoms with Gasteiger partial charge in [-0.2, -0.15) is 0 Å². The molecule has 0 heterocycles. The fraction of sp³-hybridized carbons (Fsp3) is 0.625. The van der Waals surface area contributed by atoms with Gasteiger partial charge in [-0.3, -0.25) is 9.79 Å². The number of hydrogen-bond acceptors (Lipinski definition) is 4. The first-order valence-corrected chi connectivity index (χ1v) is 3.97. The van der Waals surface area contributed by atoms with Crippen molar-refractivity contribution >= 4 is 17.8 Å². The summed E-state index contributed by atoms with van der Waals surface area (Å²) in [6, 6.07) is 0. The van der Waals surface area contributed by atoms with E-state index in [-0.39, 0.29) is 0 Å². The first kappa shape index (κ1) is 12.4. The molecule has 0 fully saturated rings. The second-order valence-electron chi connectivity index (χ2n) is 3.60. The van der Waals surface area contributed by atoms with Gasteiger partial charge in [0.25, 0.3) is 0 Å². The van der Waals surface area contributed by atoms with Gasteiger partial charge < -0.3 is 15.6 Å². The van der Waals surface area contributed by atoms with Crippen LogP contribution in [0.25, 0.3) is 0 Å². The lowest BCUT2D eigenvalue weighted by atomic mass is 10.2. The molecule has 6 heteroatoms. The van der Waals surface area contributed by atoms with Crippen LogP contribution in [0.4, 0.5) is 0 Å². The summed E-state index contributed by atoms with van der Waals surface area (Å²) in [5.41, 5.74) is 4.52. The molecule has 0 aromatic heterocycles. The molecule has 0 aliphatic rings. The van der Waals surface area contributed by atoms with Crippen LogP contribution in [0.2, 0.25) is 0 Å². The fourth-order valence-electron chi connectivity index (χ4n) is 0.548. The summed E-state index contributed by atoms with van der Waals surface area (Å²) < 4.78 is 4.84. The molecule has 3 N–H and O–H groups in total. The molecule has 0 atom stereocenters. The van der Waals surface area contributed by atoms with Crippen molar-refractivity contribution in [2.45, 2.75) is 26.4 Å². The van der Waals surface area contributed by atoms with Crippen molar-refractivity contribution in [2.24, 2.45) is 10.7 Å². The summed E-state index contributed by atoms with van der Waals surface area (Å²) >= 11 is 0. The van der Waals surface area contributed by atoms with Crippen LogP contribution in [0.5, 0.6) is 0 Å². The SMILES string of the molecule is CC(C)(C)OC(=O)C(N)=NCC(=O)O. The first-order valence-electron chi connectivity index (χ1n) is 3.97. The van der Waals surface area contributed by atoms with E-state index in [2.05, 4.69) is 4.99 Å². The minimum absolute atomic E-state index is 0.428. The van der Waals surface area contributed by atoms with E-state index in [0.717, 1.165) is 0 Å². The Hall–Kier alpha value is -1.59. The van der Waals surface area contributed by atoms with Crippen LogP contribution in [0.15, 0.2) is 4.99 Å². The van der Waals surface area contributed by atoms with Crippen LogP contribution in [0, 0.1) is 0 Å². The largest absolute Gasteiger partial charge is 0.480 e. The van der Waals surface area contributed by atoms with Crippen molar-refractivity contribution in [1.82, 2.24) is 0 Å². The highest BCUT2D eigenvalue weighted by molar-refractivity contribution is 6.34. The number of nitrogens with two attached hydrogens (primary N) is 1. The topological polar surface area (TPSA) is 102 Å². The van der Waals surface area contributed by atoms with Crippen molar-refractivity contribution in [2.75, 3.05) is 6.54 Å². The van der Waals surface area contributed by atoms with E-state index in [9.17, 15) is 9.59 Å². The first-order chi connectivity index (χ1) is 6.22. The number of aliphatic carboxylic acids is 1. The van der Waals surface area contributed by atoms with Gasteiger partial charge in [0.05, 0.1) is 0 Å². The summed E-state index contributed by atoms with van der Waals surface area (Å²) in [4.78, 5) is 24.5. The predicted molar refractivity (Wildman–Crippen MR) is 50.0 cm³/mol. The third-order valence-corrected chi connectivity index (χ3v) is 0.993. The molecule has 0 aliphatic heterocycles. The van der Waals surface area contributed by atoms with Crippen LogP contribution in [0.3, 0.4) is 0 Å². The summed E-state index contributed by atoms with van der Waals surface area (Å²) in [5, 5.41) is 8.26. The van der Waals surface area contributed by atoms with E-state index in [1.54, 1.807) is 20.8 Å². The number of aliphatic imine (C=N–C) groups is 1. The van der Waals surface area contributed by atoms with Crippen molar-refractivity contribution in [3.63, 3.8) is 0 Å². The third kappa shape index (κ3) is 5.99. The molecule has 0 amide bonds. The normalized spacial score (nSPS) is 12.4. The molecule has 0 rings (SSSR count). The van der Waals surface area contributed by atoms with E-state index in [1.165, 1.54) is 0 Å². The van der Waals surface area contributed by atoms with Crippen LogP contribution >= 0.6 is 0 Å². The lowest BCUT2D eigenvalue weighted by Gasteiger charge is -2.18. The Balaban J connectivity index is 4.26. The monoisotopic (exact) mass is 202 g/mol. The molecule has 80 valence electrons. The molecule has 0 aromatic rings. The molecule has 0 saturated carbocycles. The maximum Gasteiger partial charge on any atom is 0.373 e. The standard InChI is InChI=1S/C8H14N2O4/c1-8(2,3)14-7(13)6(9)10-4-5(11)12/h4H2,1-3H3,(H2,9,10)(H,11,12). The Kier molecular flexibility index (Phi) is 4.07. The molecular formula is C8H14N2O4. The molecule has 0 aliphatic carbocycles. The average molecular weight is 202 g/mol. The van der Waals surface area contributed by atoms with Crippen molar-refractivity contribution in [1.29, 1.82) is 0 Å². The number of carboxylic acids is 1. The maximum atomic E-state index is 11.1. The molecule has 14 heavy (non-hydrogen) atoms. The van der Waals surface area contributed by atoms with E-state index >= 15 is 0 Å². The number of ether oxygens (including phenoxy) is 1. The molecule has 0 radical (unpaired) electrons. The van der Waals surface area contributed by atoms with Gasteiger partial charge in [0.15, 0.2) is 0 Å². The highest BCUT2D eigenvalue weighted by Crippen LogP contribution is 2.06. The number of carboxylic acid groups (broad SMARTS) is 1. The van der Waals surface area contributed by atoms with Crippen molar-refractivity contribution < 1.29 is 19.4 Å². The number of carbonyl (C=O) groups excluding carboxylic acids is 1. The molecule has 6 nitrogen and oxygen atoms in total. The zero-order chi connectivity index (χ0) is 11.4. The van der Waals surface area contributed by atoms with E-state index in [4.69, 9.17) is 15.6 Å². The second kappa shape index (κ2) is 4.59. The van der Waals surface area contributed by atoms with Crippen LogP contribution in [-0.4, -0.2) is 35.0 Å². The van der Waals surface area contributed by atoms with Gasteiger partial charge in [0, 0.05) is 0 Å². The molecule has 0 unspecified atom stereocenters. The zero-order valence-electron chi connectivity index (χ0n) is 8.40. The van der Waals surface area contributed by atoms with Crippen LogP contribution in [-0.2, 0) is 14.3 Å².